The highest BCUT2D eigenvalue weighted by Crippen LogP contribution is 2.21. The number of nitrogens with one attached hydrogen (secondary N) is 1. The zero-order valence-electron chi connectivity index (χ0n) is 12.0. The molecule has 1 unspecified atom stereocenters. The van der Waals surface area contributed by atoms with Gasteiger partial charge in [-0.25, -0.2) is 0 Å². The fraction of sp³-hybridized carbons (Fsp3) is 0.600. The van der Waals surface area contributed by atoms with E-state index < -0.39 is 12.8 Å². The quantitative estimate of drug-likeness (QED) is 0.737. The van der Waals surface area contributed by atoms with E-state index in [1.807, 2.05) is 32.0 Å². The Morgan fingerprint density at radius 2 is 2.05 bits per heavy atom. The minimum Gasteiger partial charge on any atom is -0.372 e. The molecule has 2 nitrogen and oxygen atoms in total. The molecule has 0 radical (unpaired) electrons. The van der Waals surface area contributed by atoms with E-state index in [1.54, 1.807) is 0 Å². The van der Waals surface area contributed by atoms with Crippen molar-refractivity contribution in [3.05, 3.63) is 35.4 Å². The molecule has 0 aromatic heterocycles. The van der Waals surface area contributed by atoms with E-state index in [0.717, 1.165) is 24.2 Å². The number of ether oxygens (including phenoxy) is 1. The Bertz CT molecular complexity index is 393. The van der Waals surface area contributed by atoms with Gasteiger partial charge in [-0.1, -0.05) is 36.8 Å². The summed E-state index contributed by atoms with van der Waals surface area (Å²) < 4.78 is 40.8. The molecule has 1 aromatic carbocycles. The number of halogens is 3. The monoisotopic (exact) mass is 289 g/mol. The first-order valence-corrected chi connectivity index (χ1v) is 6.84. The molecular weight excluding hydrogens is 267 g/mol. The normalized spacial score (nSPS) is 13.4. The van der Waals surface area contributed by atoms with E-state index in [-0.39, 0.29) is 12.5 Å². The van der Waals surface area contributed by atoms with Gasteiger partial charge in [-0.15, -0.1) is 0 Å². The van der Waals surface area contributed by atoms with Crippen molar-refractivity contribution in [3.63, 3.8) is 0 Å². The van der Waals surface area contributed by atoms with Crippen LogP contribution >= 0.6 is 0 Å². The summed E-state index contributed by atoms with van der Waals surface area (Å²) in [6.45, 7) is 4.54. The second-order valence-corrected chi connectivity index (χ2v) is 4.88. The van der Waals surface area contributed by atoms with Crippen molar-refractivity contribution < 1.29 is 17.9 Å². The second kappa shape index (κ2) is 8.27. The average molecular weight is 289 g/mol. The van der Waals surface area contributed by atoms with Crippen LogP contribution in [-0.4, -0.2) is 32.5 Å². The molecule has 0 aliphatic heterocycles. The molecule has 0 amide bonds. The number of benzene rings is 1. The number of alkyl halides is 3. The van der Waals surface area contributed by atoms with Crippen LogP contribution in [0.25, 0.3) is 0 Å². The zero-order chi connectivity index (χ0) is 15.0. The van der Waals surface area contributed by atoms with Crippen molar-refractivity contribution >= 4 is 0 Å². The first kappa shape index (κ1) is 17.0. The maximum atomic E-state index is 12.0. The highest BCUT2D eigenvalue weighted by molar-refractivity contribution is 5.25. The van der Waals surface area contributed by atoms with Crippen LogP contribution in [0.1, 0.15) is 30.4 Å². The molecule has 0 aliphatic rings. The molecule has 20 heavy (non-hydrogen) atoms. The van der Waals surface area contributed by atoms with E-state index in [1.165, 1.54) is 0 Å². The lowest BCUT2D eigenvalue weighted by molar-refractivity contribution is -0.174. The Balaban J connectivity index is 2.52. The van der Waals surface area contributed by atoms with Crippen molar-refractivity contribution in [2.24, 2.45) is 0 Å². The largest absolute Gasteiger partial charge is 0.411 e. The smallest absolute Gasteiger partial charge is 0.372 e. The summed E-state index contributed by atoms with van der Waals surface area (Å²) in [6, 6.07) is 8.07. The molecule has 0 aliphatic carbocycles. The third-order valence-electron chi connectivity index (χ3n) is 3.03. The van der Waals surface area contributed by atoms with Crippen LogP contribution in [-0.2, 0) is 4.74 Å². The van der Waals surface area contributed by atoms with Crippen LogP contribution in [0.4, 0.5) is 13.2 Å². The first-order valence-electron chi connectivity index (χ1n) is 6.84. The van der Waals surface area contributed by atoms with Gasteiger partial charge in [-0.05, 0) is 31.4 Å². The number of likely N-dealkylation sites (N-methyl/N-ethyl adjacent to an activating group) is 1. The highest BCUT2D eigenvalue weighted by Gasteiger charge is 2.27. The predicted molar refractivity (Wildman–Crippen MR) is 74.0 cm³/mol. The Hall–Kier alpha value is -1.07. The van der Waals surface area contributed by atoms with Gasteiger partial charge in [-0.2, -0.15) is 13.2 Å². The lowest BCUT2D eigenvalue weighted by Gasteiger charge is -2.18. The second-order valence-electron chi connectivity index (χ2n) is 4.88. The Labute approximate surface area is 118 Å². The summed E-state index contributed by atoms with van der Waals surface area (Å²) in [5.74, 6) is 0.170. The number of hydrogen-bond donors (Lipinski definition) is 1. The van der Waals surface area contributed by atoms with Gasteiger partial charge >= 0.3 is 6.18 Å². The van der Waals surface area contributed by atoms with Crippen LogP contribution in [0.5, 0.6) is 0 Å². The zero-order valence-corrected chi connectivity index (χ0v) is 12.0. The van der Waals surface area contributed by atoms with Gasteiger partial charge in [-0.3, -0.25) is 0 Å². The Kier molecular flexibility index (Phi) is 7.02. The van der Waals surface area contributed by atoms with Crippen LogP contribution in [0.3, 0.4) is 0 Å². The molecule has 0 spiro atoms. The molecule has 5 heteroatoms. The van der Waals surface area contributed by atoms with Gasteiger partial charge in [0.25, 0.3) is 0 Å². The minimum atomic E-state index is -4.25. The molecule has 1 atom stereocenters. The van der Waals surface area contributed by atoms with Crippen LogP contribution < -0.4 is 5.32 Å². The standard InChI is InChI=1S/C15H22F3NO/c1-3-19-10-14(7-8-20-11-15(16,17)18)13-6-4-5-12(2)9-13/h4-6,9,14,19H,3,7-8,10-11H2,1-2H3. The molecule has 0 heterocycles. The number of rotatable bonds is 8. The van der Waals surface area contributed by atoms with Crippen molar-refractivity contribution in [1.82, 2.24) is 5.32 Å². The third-order valence-corrected chi connectivity index (χ3v) is 3.03. The van der Waals surface area contributed by atoms with Crippen LogP contribution in [0, 0.1) is 6.92 Å². The van der Waals surface area contributed by atoms with Crippen molar-refractivity contribution in [2.75, 3.05) is 26.3 Å². The number of hydrogen-bond acceptors (Lipinski definition) is 2. The lowest BCUT2D eigenvalue weighted by Crippen LogP contribution is -2.23. The third kappa shape index (κ3) is 6.91. The van der Waals surface area contributed by atoms with E-state index in [9.17, 15) is 13.2 Å². The fourth-order valence-electron chi connectivity index (χ4n) is 2.04. The van der Waals surface area contributed by atoms with Crippen molar-refractivity contribution in [1.29, 1.82) is 0 Å². The summed E-state index contributed by atoms with van der Waals surface area (Å²) >= 11 is 0. The van der Waals surface area contributed by atoms with Gasteiger partial charge < -0.3 is 10.1 Å². The maximum absolute atomic E-state index is 12.0. The summed E-state index contributed by atoms with van der Waals surface area (Å²) in [7, 11) is 0. The van der Waals surface area contributed by atoms with Gasteiger partial charge in [0.15, 0.2) is 0 Å². The summed E-state index contributed by atoms with van der Waals surface area (Å²) in [5, 5.41) is 3.25. The van der Waals surface area contributed by atoms with Crippen LogP contribution in [0.15, 0.2) is 24.3 Å². The van der Waals surface area contributed by atoms with E-state index >= 15 is 0 Å². The molecule has 0 fully saturated rings. The number of aryl methyl sites for hydroxylation is 1. The molecule has 114 valence electrons. The first-order chi connectivity index (χ1) is 9.42. The van der Waals surface area contributed by atoms with E-state index in [0.29, 0.717) is 6.42 Å². The molecule has 1 rings (SSSR count). The molecule has 0 saturated carbocycles. The molecule has 1 N–H and O–H groups in total. The molecule has 0 bridgehead atoms. The summed E-state index contributed by atoms with van der Waals surface area (Å²) in [6.07, 6.45) is -3.67. The molecular formula is C15H22F3NO. The topological polar surface area (TPSA) is 21.3 Å². The Morgan fingerprint density at radius 1 is 1.30 bits per heavy atom. The fourth-order valence-corrected chi connectivity index (χ4v) is 2.04. The SMILES string of the molecule is CCNCC(CCOCC(F)(F)F)c1cccc(C)c1. The van der Waals surface area contributed by atoms with E-state index in [4.69, 9.17) is 4.74 Å². The summed E-state index contributed by atoms with van der Waals surface area (Å²) in [4.78, 5) is 0. The molecule has 1 aromatic rings. The maximum Gasteiger partial charge on any atom is 0.411 e. The van der Waals surface area contributed by atoms with Gasteiger partial charge in [0.1, 0.15) is 6.61 Å². The van der Waals surface area contributed by atoms with Gasteiger partial charge in [0.05, 0.1) is 0 Å². The minimum absolute atomic E-state index is 0.115. The predicted octanol–water partition coefficient (Wildman–Crippen LogP) is 3.66. The van der Waals surface area contributed by atoms with Crippen LogP contribution in [0.2, 0.25) is 0 Å². The lowest BCUT2D eigenvalue weighted by atomic mass is 9.94. The Morgan fingerprint density at radius 3 is 2.65 bits per heavy atom. The van der Waals surface area contributed by atoms with E-state index in [2.05, 4.69) is 11.4 Å². The highest BCUT2D eigenvalue weighted by atomic mass is 19.4. The van der Waals surface area contributed by atoms with Crippen molar-refractivity contribution in [3.8, 4) is 0 Å². The molecule has 0 saturated heterocycles. The average Bonchev–Trinajstić information content (AvgIpc) is 2.36. The van der Waals surface area contributed by atoms with Crippen molar-refractivity contribution in [2.45, 2.75) is 32.4 Å². The van der Waals surface area contributed by atoms with Gasteiger partial charge in [0.2, 0.25) is 0 Å². The van der Waals surface area contributed by atoms with Gasteiger partial charge in [0, 0.05) is 13.2 Å². The summed E-state index contributed by atoms with van der Waals surface area (Å²) in [5.41, 5.74) is 2.29.